The molecule has 1 aromatic carbocycles. The number of aliphatic hydroxyl groups is 1. The Morgan fingerprint density at radius 3 is 2.69 bits per heavy atom. The van der Waals surface area contributed by atoms with Crippen LogP contribution in [-0.2, 0) is 0 Å². The molecule has 4 heteroatoms. The third-order valence-corrected chi connectivity index (χ3v) is 2.95. The average molecular weight is 244 g/mol. The molecule has 16 heavy (non-hydrogen) atoms. The van der Waals surface area contributed by atoms with E-state index in [-0.39, 0.29) is 18.4 Å². The summed E-state index contributed by atoms with van der Waals surface area (Å²) in [5.74, 6) is 1.18. The lowest BCUT2D eigenvalue weighted by atomic mass is 9.99. The van der Waals surface area contributed by atoms with Crippen molar-refractivity contribution in [3.05, 3.63) is 29.8 Å². The third kappa shape index (κ3) is 2.88. The van der Waals surface area contributed by atoms with Crippen molar-refractivity contribution in [3.63, 3.8) is 0 Å². The molecule has 90 valence electrons. The van der Waals surface area contributed by atoms with Crippen molar-refractivity contribution >= 4 is 12.4 Å². The highest BCUT2D eigenvalue weighted by molar-refractivity contribution is 5.85. The minimum Gasteiger partial charge on any atom is -0.497 e. The molecule has 1 fully saturated rings. The van der Waals surface area contributed by atoms with Gasteiger partial charge in [-0.05, 0) is 36.5 Å². The number of nitrogens with two attached hydrogens (primary N) is 1. The van der Waals surface area contributed by atoms with Crippen LogP contribution >= 0.6 is 12.4 Å². The molecule has 3 nitrogen and oxygen atoms in total. The Morgan fingerprint density at radius 1 is 1.44 bits per heavy atom. The van der Waals surface area contributed by atoms with Crippen LogP contribution in [0.5, 0.6) is 5.75 Å². The normalized spacial score (nSPS) is 18.4. The molecule has 0 spiro atoms. The number of halogens is 1. The molecule has 0 bridgehead atoms. The molecule has 1 aliphatic rings. The van der Waals surface area contributed by atoms with Crippen molar-refractivity contribution in [1.82, 2.24) is 0 Å². The van der Waals surface area contributed by atoms with E-state index in [1.807, 2.05) is 24.3 Å². The summed E-state index contributed by atoms with van der Waals surface area (Å²) in [6.45, 7) is 0. The molecule has 2 rings (SSSR count). The zero-order valence-corrected chi connectivity index (χ0v) is 10.1. The summed E-state index contributed by atoms with van der Waals surface area (Å²) in [7, 11) is 1.63. The van der Waals surface area contributed by atoms with E-state index in [0.717, 1.165) is 24.2 Å². The van der Waals surface area contributed by atoms with Crippen molar-refractivity contribution in [1.29, 1.82) is 0 Å². The predicted octanol–water partition coefficient (Wildman–Crippen LogP) is 1.89. The minimum absolute atomic E-state index is 0. The zero-order chi connectivity index (χ0) is 10.8. The van der Waals surface area contributed by atoms with Gasteiger partial charge in [0.1, 0.15) is 5.75 Å². The first-order chi connectivity index (χ1) is 7.22. The minimum atomic E-state index is -0.419. The van der Waals surface area contributed by atoms with E-state index in [1.54, 1.807) is 7.11 Å². The second kappa shape index (κ2) is 5.53. The number of hydrogen-bond donors (Lipinski definition) is 2. The van der Waals surface area contributed by atoms with Crippen LogP contribution in [0.1, 0.15) is 24.4 Å². The van der Waals surface area contributed by atoms with Crippen LogP contribution < -0.4 is 10.5 Å². The molecular weight excluding hydrogens is 226 g/mol. The first-order valence-corrected chi connectivity index (χ1v) is 5.30. The molecule has 1 aliphatic carbocycles. The van der Waals surface area contributed by atoms with Gasteiger partial charge in [0, 0.05) is 0 Å². The topological polar surface area (TPSA) is 55.5 Å². The highest BCUT2D eigenvalue weighted by Gasteiger charge is 2.34. The molecule has 0 aliphatic heterocycles. The molecule has 1 saturated carbocycles. The highest BCUT2D eigenvalue weighted by Crippen LogP contribution is 2.37. The number of methoxy groups -OCH3 is 1. The monoisotopic (exact) mass is 243 g/mol. The molecule has 0 heterocycles. The molecular formula is C12H18ClNO2. The van der Waals surface area contributed by atoms with Crippen LogP contribution in [0.2, 0.25) is 0 Å². The molecule has 0 saturated heterocycles. The summed E-state index contributed by atoms with van der Waals surface area (Å²) in [6.07, 6.45) is 1.77. The summed E-state index contributed by atoms with van der Waals surface area (Å²) in [6, 6.07) is 7.29. The Hall–Kier alpha value is -0.770. The lowest BCUT2D eigenvalue weighted by molar-refractivity contribution is 0.122. The van der Waals surface area contributed by atoms with E-state index in [1.165, 1.54) is 0 Å². The van der Waals surface area contributed by atoms with E-state index < -0.39 is 6.10 Å². The second-order valence-electron chi connectivity index (χ2n) is 4.13. The van der Waals surface area contributed by atoms with Crippen molar-refractivity contribution in [3.8, 4) is 5.75 Å². The van der Waals surface area contributed by atoms with Crippen LogP contribution in [0.25, 0.3) is 0 Å². The molecule has 2 atom stereocenters. The smallest absolute Gasteiger partial charge is 0.119 e. The predicted molar refractivity (Wildman–Crippen MR) is 65.9 cm³/mol. The number of benzene rings is 1. The molecule has 0 unspecified atom stereocenters. The number of aliphatic hydroxyl groups excluding tert-OH is 1. The fraction of sp³-hybridized carbons (Fsp3) is 0.500. The first-order valence-electron chi connectivity index (χ1n) is 5.30. The van der Waals surface area contributed by atoms with Gasteiger partial charge < -0.3 is 15.6 Å². The highest BCUT2D eigenvalue weighted by atomic mass is 35.5. The van der Waals surface area contributed by atoms with Gasteiger partial charge in [-0.3, -0.25) is 0 Å². The van der Waals surface area contributed by atoms with Gasteiger partial charge in [0.2, 0.25) is 0 Å². The third-order valence-electron chi connectivity index (χ3n) is 2.95. The van der Waals surface area contributed by atoms with Gasteiger partial charge in [-0.2, -0.15) is 0 Å². The Bertz CT molecular complexity index is 342. The van der Waals surface area contributed by atoms with Gasteiger partial charge in [0.15, 0.2) is 0 Å². The maximum atomic E-state index is 9.91. The standard InChI is InChI=1S/C12H17NO2.ClH/c1-15-10-4-2-3-9(7-10)11(13)12(14)8-5-6-8;/h2-4,7-8,11-12,14H,5-6,13H2,1H3;1H/t11-,12+;/m0./s1. The van der Waals surface area contributed by atoms with Gasteiger partial charge in [-0.15, -0.1) is 12.4 Å². The summed E-state index contributed by atoms with van der Waals surface area (Å²) < 4.78 is 5.12. The van der Waals surface area contributed by atoms with E-state index in [0.29, 0.717) is 5.92 Å². The Balaban J connectivity index is 0.00000128. The quantitative estimate of drug-likeness (QED) is 0.849. The van der Waals surface area contributed by atoms with Crippen LogP contribution in [0.3, 0.4) is 0 Å². The molecule has 0 aromatic heterocycles. The molecule has 1 aromatic rings. The van der Waals surface area contributed by atoms with E-state index >= 15 is 0 Å². The van der Waals surface area contributed by atoms with Crippen molar-refractivity contribution < 1.29 is 9.84 Å². The van der Waals surface area contributed by atoms with Gasteiger partial charge in [0.25, 0.3) is 0 Å². The number of hydrogen-bond acceptors (Lipinski definition) is 3. The average Bonchev–Trinajstić information content (AvgIpc) is 3.11. The largest absolute Gasteiger partial charge is 0.497 e. The maximum Gasteiger partial charge on any atom is 0.119 e. The second-order valence-corrected chi connectivity index (χ2v) is 4.13. The van der Waals surface area contributed by atoms with Crippen LogP contribution in [0.4, 0.5) is 0 Å². The van der Waals surface area contributed by atoms with Gasteiger partial charge in [-0.25, -0.2) is 0 Å². The molecule has 0 radical (unpaired) electrons. The zero-order valence-electron chi connectivity index (χ0n) is 9.30. The van der Waals surface area contributed by atoms with Gasteiger partial charge in [0.05, 0.1) is 19.3 Å². The fourth-order valence-corrected chi connectivity index (χ4v) is 1.78. The summed E-state index contributed by atoms with van der Waals surface area (Å²) in [5.41, 5.74) is 6.94. The van der Waals surface area contributed by atoms with Crippen LogP contribution in [0, 0.1) is 5.92 Å². The summed E-state index contributed by atoms with van der Waals surface area (Å²) in [5, 5.41) is 9.91. The Kier molecular flexibility index (Phi) is 4.59. The maximum absolute atomic E-state index is 9.91. The number of rotatable bonds is 4. The van der Waals surface area contributed by atoms with Crippen LogP contribution in [0.15, 0.2) is 24.3 Å². The Morgan fingerprint density at radius 2 is 2.12 bits per heavy atom. The fourth-order valence-electron chi connectivity index (χ4n) is 1.78. The summed E-state index contributed by atoms with van der Waals surface area (Å²) >= 11 is 0. The lowest BCUT2D eigenvalue weighted by Crippen LogP contribution is -2.27. The van der Waals surface area contributed by atoms with Gasteiger partial charge >= 0.3 is 0 Å². The number of ether oxygens (including phenoxy) is 1. The van der Waals surface area contributed by atoms with Crippen LogP contribution in [-0.4, -0.2) is 18.3 Å². The van der Waals surface area contributed by atoms with E-state index in [2.05, 4.69) is 0 Å². The van der Waals surface area contributed by atoms with E-state index in [4.69, 9.17) is 10.5 Å². The van der Waals surface area contributed by atoms with Crippen molar-refractivity contribution in [2.75, 3.05) is 7.11 Å². The van der Waals surface area contributed by atoms with E-state index in [9.17, 15) is 5.11 Å². The van der Waals surface area contributed by atoms with Crippen molar-refractivity contribution in [2.45, 2.75) is 25.0 Å². The van der Waals surface area contributed by atoms with Gasteiger partial charge in [-0.1, -0.05) is 12.1 Å². The molecule has 0 amide bonds. The van der Waals surface area contributed by atoms with Crippen molar-refractivity contribution in [2.24, 2.45) is 11.7 Å². The first kappa shape index (κ1) is 13.3. The SMILES string of the molecule is COc1cccc([C@H](N)[C@H](O)C2CC2)c1.Cl. The summed E-state index contributed by atoms with van der Waals surface area (Å²) in [4.78, 5) is 0. The molecule has 3 N–H and O–H groups in total. The Labute approximate surface area is 102 Å². The lowest BCUT2D eigenvalue weighted by Gasteiger charge is -2.19.